The summed E-state index contributed by atoms with van der Waals surface area (Å²) in [4.78, 5) is 18.2. The third-order valence-corrected chi connectivity index (χ3v) is 5.95. The number of nitrogen functional groups attached to an aromatic ring is 1. The van der Waals surface area contributed by atoms with E-state index in [9.17, 15) is 9.90 Å². The van der Waals surface area contributed by atoms with Gasteiger partial charge < -0.3 is 16.6 Å². The van der Waals surface area contributed by atoms with Crippen LogP contribution in [0.2, 0.25) is 0 Å². The molecule has 0 radical (unpaired) electrons. The van der Waals surface area contributed by atoms with Crippen molar-refractivity contribution in [3.63, 3.8) is 0 Å². The van der Waals surface area contributed by atoms with Gasteiger partial charge in [-0.15, -0.1) is 0 Å². The minimum absolute atomic E-state index is 0.130. The SMILES string of the molecule is CC(C)(C)c1cc(C2=C[N+](C)(C(=O)c3ccc(N)cc3)C(CN)=N2)cc(C(C)(C)C)c1O. The number of anilines is 1. The van der Waals surface area contributed by atoms with Crippen LogP contribution in [0.4, 0.5) is 5.69 Å². The van der Waals surface area contributed by atoms with Gasteiger partial charge >= 0.3 is 5.91 Å². The molecular weight excluding hydrogens is 400 g/mol. The van der Waals surface area contributed by atoms with Crippen molar-refractivity contribution in [2.45, 2.75) is 52.4 Å². The minimum atomic E-state index is -0.266. The second-order valence-corrected chi connectivity index (χ2v) is 10.7. The van der Waals surface area contributed by atoms with Crippen LogP contribution in [-0.4, -0.2) is 34.9 Å². The van der Waals surface area contributed by atoms with Gasteiger partial charge in [0.25, 0.3) is 0 Å². The number of likely N-dealkylation sites (N-methyl/N-ethyl adjacent to an activating group) is 1. The summed E-state index contributed by atoms with van der Waals surface area (Å²) in [6.45, 7) is 12.6. The molecule has 0 bridgehead atoms. The molecule has 170 valence electrons. The van der Waals surface area contributed by atoms with Gasteiger partial charge in [0, 0.05) is 22.4 Å². The van der Waals surface area contributed by atoms with Crippen LogP contribution in [0.25, 0.3) is 5.70 Å². The van der Waals surface area contributed by atoms with Gasteiger partial charge in [-0.05, 0) is 47.2 Å². The van der Waals surface area contributed by atoms with Crippen molar-refractivity contribution in [1.29, 1.82) is 0 Å². The van der Waals surface area contributed by atoms with Gasteiger partial charge in [0.1, 0.15) is 17.6 Å². The molecule has 6 heteroatoms. The fraction of sp³-hybridized carbons (Fsp3) is 0.385. The molecule has 1 aliphatic rings. The molecular formula is C26H35N4O2+. The number of phenols is 1. The van der Waals surface area contributed by atoms with Crippen molar-refractivity contribution in [3.05, 3.63) is 64.9 Å². The first-order chi connectivity index (χ1) is 14.7. The van der Waals surface area contributed by atoms with Crippen molar-refractivity contribution in [1.82, 2.24) is 0 Å². The number of aromatic hydroxyl groups is 1. The van der Waals surface area contributed by atoms with Crippen molar-refractivity contribution in [2.75, 3.05) is 19.3 Å². The number of rotatable bonds is 3. The first-order valence-electron chi connectivity index (χ1n) is 10.8. The van der Waals surface area contributed by atoms with E-state index in [0.717, 1.165) is 16.7 Å². The second-order valence-electron chi connectivity index (χ2n) is 10.7. The monoisotopic (exact) mass is 435 g/mol. The van der Waals surface area contributed by atoms with E-state index in [0.29, 0.717) is 28.5 Å². The third kappa shape index (κ3) is 4.20. The molecule has 1 aliphatic heterocycles. The molecule has 1 atom stereocenters. The summed E-state index contributed by atoms with van der Waals surface area (Å²) in [5, 5.41) is 11.0. The number of carbonyl (C=O) groups is 1. The molecule has 32 heavy (non-hydrogen) atoms. The lowest BCUT2D eigenvalue weighted by atomic mass is 9.78. The quantitative estimate of drug-likeness (QED) is 0.487. The maximum absolute atomic E-state index is 13.4. The summed E-state index contributed by atoms with van der Waals surface area (Å²) in [7, 11) is 1.80. The Balaban J connectivity index is 2.18. The topological polar surface area (TPSA) is 102 Å². The van der Waals surface area contributed by atoms with Crippen LogP contribution in [0.3, 0.4) is 0 Å². The molecule has 3 rings (SSSR count). The van der Waals surface area contributed by atoms with Crippen LogP contribution in [0, 0.1) is 0 Å². The van der Waals surface area contributed by atoms with Crippen LogP contribution in [0.5, 0.6) is 5.75 Å². The number of amides is 1. The van der Waals surface area contributed by atoms with Gasteiger partial charge in [0.15, 0.2) is 0 Å². The number of benzene rings is 2. The number of nitrogens with two attached hydrogens (primary N) is 2. The number of aliphatic imine (C=N–C) groups is 1. The average molecular weight is 436 g/mol. The molecule has 0 spiro atoms. The summed E-state index contributed by atoms with van der Waals surface area (Å²) in [5.41, 5.74) is 15.6. The Morgan fingerprint density at radius 3 is 1.94 bits per heavy atom. The van der Waals surface area contributed by atoms with E-state index in [1.807, 2.05) is 18.3 Å². The van der Waals surface area contributed by atoms with Crippen LogP contribution < -0.4 is 11.5 Å². The van der Waals surface area contributed by atoms with E-state index in [4.69, 9.17) is 16.5 Å². The highest BCUT2D eigenvalue weighted by molar-refractivity contribution is 6.02. The molecule has 0 saturated carbocycles. The highest BCUT2D eigenvalue weighted by atomic mass is 16.3. The predicted octanol–water partition coefficient (Wildman–Crippen LogP) is 4.53. The van der Waals surface area contributed by atoms with Crippen LogP contribution in [-0.2, 0) is 10.8 Å². The number of carbonyl (C=O) groups excluding carboxylic acids is 1. The summed E-state index contributed by atoms with van der Waals surface area (Å²) in [5.74, 6) is 0.741. The number of nitrogens with zero attached hydrogens (tertiary/aromatic N) is 2. The smallest absolute Gasteiger partial charge is 0.356 e. The van der Waals surface area contributed by atoms with E-state index in [2.05, 4.69) is 41.5 Å². The molecule has 1 unspecified atom stereocenters. The van der Waals surface area contributed by atoms with Crippen LogP contribution >= 0.6 is 0 Å². The first kappa shape index (κ1) is 23.7. The highest BCUT2D eigenvalue weighted by Crippen LogP contribution is 2.42. The Hall–Kier alpha value is -2.96. The summed E-state index contributed by atoms with van der Waals surface area (Å²) < 4.78 is -0.133. The lowest BCUT2D eigenvalue weighted by molar-refractivity contribution is -0.672. The van der Waals surface area contributed by atoms with Gasteiger partial charge in [-0.25, -0.2) is 4.79 Å². The Kier molecular flexibility index (Phi) is 5.83. The van der Waals surface area contributed by atoms with Gasteiger partial charge in [0.2, 0.25) is 5.84 Å². The zero-order valence-corrected chi connectivity index (χ0v) is 20.2. The highest BCUT2D eigenvalue weighted by Gasteiger charge is 2.42. The predicted molar refractivity (Wildman–Crippen MR) is 131 cm³/mol. The Labute approximate surface area is 190 Å². The molecule has 5 N–H and O–H groups in total. The molecule has 1 heterocycles. The molecule has 1 amide bonds. The van der Waals surface area contributed by atoms with Crippen molar-refractivity contribution in [2.24, 2.45) is 10.7 Å². The first-order valence-corrected chi connectivity index (χ1v) is 10.8. The maximum Gasteiger partial charge on any atom is 0.356 e. The molecule has 0 aromatic heterocycles. The van der Waals surface area contributed by atoms with Crippen molar-refractivity contribution < 1.29 is 14.4 Å². The lowest BCUT2D eigenvalue weighted by Gasteiger charge is -2.28. The number of quaternary nitrogens is 1. The third-order valence-electron chi connectivity index (χ3n) is 5.95. The van der Waals surface area contributed by atoms with Crippen molar-refractivity contribution in [3.8, 4) is 5.75 Å². The van der Waals surface area contributed by atoms with Gasteiger partial charge in [0.05, 0.1) is 19.2 Å². The van der Waals surface area contributed by atoms with Gasteiger partial charge in [-0.2, -0.15) is 9.48 Å². The number of amidine groups is 1. The van der Waals surface area contributed by atoms with Crippen LogP contribution in [0.15, 0.2) is 47.6 Å². The Morgan fingerprint density at radius 1 is 1.00 bits per heavy atom. The normalized spacial score (nSPS) is 19.0. The van der Waals surface area contributed by atoms with Crippen molar-refractivity contribution >= 4 is 23.1 Å². The van der Waals surface area contributed by atoms with Crippen LogP contribution in [0.1, 0.15) is 68.6 Å². The number of phenolic OH excluding ortho intramolecular Hbond substituents is 1. The van der Waals surface area contributed by atoms with E-state index in [-0.39, 0.29) is 27.8 Å². The molecule has 0 aliphatic carbocycles. The fourth-order valence-electron chi connectivity index (χ4n) is 3.96. The van der Waals surface area contributed by atoms with E-state index in [1.54, 1.807) is 31.3 Å². The molecule has 2 aromatic carbocycles. The van der Waals surface area contributed by atoms with Gasteiger partial charge in [-0.3, -0.25) is 0 Å². The lowest BCUT2D eigenvalue weighted by Crippen LogP contribution is -2.50. The standard InChI is InChI=1S/C26H34N4O2/c1-25(2,3)19-12-17(13-20(23(19)31)26(4,5)6)21-15-30(7,22(14-27)29-21)24(32)16-8-10-18(28)11-9-16/h8-13,15H,14,27H2,1-7H3,(H2-,28,31,32)/p+1. The second kappa shape index (κ2) is 7.87. The molecule has 2 aromatic rings. The van der Waals surface area contributed by atoms with E-state index < -0.39 is 0 Å². The summed E-state index contributed by atoms with van der Waals surface area (Å²) in [6.07, 6.45) is 1.84. The summed E-state index contributed by atoms with van der Waals surface area (Å²) >= 11 is 0. The zero-order valence-electron chi connectivity index (χ0n) is 20.2. The molecule has 6 nitrogen and oxygen atoms in total. The molecule has 0 fully saturated rings. The van der Waals surface area contributed by atoms with Gasteiger partial charge in [-0.1, -0.05) is 41.5 Å². The Bertz CT molecular complexity index is 1080. The average Bonchev–Trinajstić information content (AvgIpc) is 3.04. The maximum atomic E-state index is 13.4. The number of hydrogen-bond acceptors (Lipinski definition) is 5. The molecule has 0 saturated heterocycles. The Morgan fingerprint density at radius 2 is 1.50 bits per heavy atom. The zero-order chi connectivity index (χ0) is 24.1. The largest absolute Gasteiger partial charge is 0.507 e. The number of hydrogen-bond donors (Lipinski definition) is 3. The van der Waals surface area contributed by atoms with E-state index in [1.165, 1.54) is 0 Å². The fourth-order valence-corrected chi connectivity index (χ4v) is 3.96. The minimum Gasteiger partial charge on any atom is -0.507 e. The summed E-state index contributed by atoms with van der Waals surface area (Å²) in [6, 6.07) is 10.8. The van der Waals surface area contributed by atoms with E-state index >= 15 is 0 Å².